The zero-order valence-electron chi connectivity index (χ0n) is 12.8. The topological polar surface area (TPSA) is 58.6 Å². The van der Waals surface area contributed by atoms with Crippen LogP contribution in [0.4, 0.5) is 5.82 Å². The molecule has 118 valence electrons. The molecule has 1 spiro atoms. The largest absolute Gasteiger partial charge is 0.381 e. The van der Waals surface area contributed by atoms with Crippen molar-refractivity contribution >= 4 is 11.7 Å². The van der Waals surface area contributed by atoms with Crippen LogP contribution in [-0.4, -0.2) is 60.4 Å². The van der Waals surface area contributed by atoms with Crippen LogP contribution in [0, 0.1) is 5.41 Å². The highest BCUT2D eigenvalue weighted by Crippen LogP contribution is 2.38. The van der Waals surface area contributed by atoms with Gasteiger partial charge in [-0.2, -0.15) is 0 Å². The van der Waals surface area contributed by atoms with Crippen LogP contribution in [0.1, 0.15) is 36.2 Å². The highest BCUT2D eigenvalue weighted by molar-refractivity contribution is 5.92. The van der Waals surface area contributed by atoms with Gasteiger partial charge >= 0.3 is 0 Å². The van der Waals surface area contributed by atoms with Crippen molar-refractivity contribution in [2.45, 2.75) is 25.7 Å². The Labute approximate surface area is 130 Å². The minimum Gasteiger partial charge on any atom is -0.381 e. The fraction of sp³-hybridized carbons (Fsp3) is 0.688. The van der Waals surface area contributed by atoms with E-state index >= 15 is 0 Å². The summed E-state index contributed by atoms with van der Waals surface area (Å²) in [4.78, 5) is 16.7. The molecule has 0 aliphatic carbocycles. The quantitative estimate of drug-likeness (QED) is 0.825. The summed E-state index contributed by atoms with van der Waals surface area (Å²) in [6, 6.07) is 3.75. The van der Waals surface area contributed by atoms with Crippen molar-refractivity contribution in [1.29, 1.82) is 0 Å². The molecule has 3 saturated heterocycles. The molecule has 1 aromatic heterocycles. The molecular formula is C16H22N4O2. The first-order valence-electron chi connectivity index (χ1n) is 8.22. The number of nitrogens with zero attached hydrogens (tertiary/aromatic N) is 4. The van der Waals surface area contributed by atoms with Crippen LogP contribution >= 0.6 is 0 Å². The first-order valence-corrected chi connectivity index (χ1v) is 8.22. The van der Waals surface area contributed by atoms with E-state index in [0.717, 1.165) is 58.1 Å². The van der Waals surface area contributed by atoms with E-state index < -0.39 is 0 Å². The Morgan fingerprint density at radius 2 is 2.00 bits per heavy atom. The zero-order valence-corrected chi connectivity index (χ0v) is 12.8. The van der Waals surface area contributed by atoms with Crippen molar-refractivity contribution in [1.82, 2.24) is 15.1 Å². The Bertz CT molecular complexity index is 548. The summed E-state index contributed by atoms with van der Waals surface area (Å²) in [7, 11) is 0. The Kier molecular flexibility index (Phi) is 3.48. The molecule has 0 saturated carbocycles. The zero-order chi connectivity index (χ0) is 15.0. The predicted octanol–water partition coefficient (Wildman–Crippen LogP) is 1.33. The lowest BCUT2D eigenvalue weighted by Crippen LogP contribution is -2.33. The molecule has 0 N–H and O–H groups in total. The number of hydrogen-bond acceptors (Lipinski definition) is 5. The molecule has 3 aliphatic heterocycles. The average Bonchev–Trinajstić information content (AvgIpc) is 3.30. The van der Waals surface area contributed by atoms with Crippen LogP contribution < -0.4 is 4.90 Å². The molecule has 1 amide bonds. The molecule has 3 fully saturated rings. The van der Waals surface area contributed by atoms with Gasteiger partial charge in [-0.25, -0.2) is 0 Å². The number of rotatable bonds is 2. The Balaban J connectivity index is 1.44. The Morgan fingerprint density at radius 3 is 2.68 bits per heavy atom. The Morgan fingerprint density at radius 1 is 1.14 bits per heavy atom. The highest BCUT2D eigenvalue weighted by Gasteiger charge is 2.43. The van der Waals surface area contributed by atoms with Gasteiger partial charge in [0.1, 0.15) is 0 Å². The van der Waals surface area contributed by atoms with E-state index in [9.17, 15) is 4.79 Å². The summed E-state index contributed by atoms with van der Waals surface area (Å²) < 4.78 is 5.52. The molecule has 0 radical (unpaired) electrons. The summed E-state index contributed by atoms with van der Waals surface area (Å²) in [5, 5.41) is 8.41. The average molecular weight is 302 g/mol. The first-order chi connectivity index (χ1) is 10.8. The van der Waals surface area contributed by atoms with Crippen LogP contribution in [0.25, 0.3) is 0 Å². The van der Waals surface area contributed by atoms with Crippen LogP contribution in [0.5, 0.6) is 0 Å². The number of carbonyl (C=O) groups excluding carboxylic acids is 1. The number of carbonyl (C=O) groups is 1. The van der Waals surface area contributed by atoms with Crippen molar-refractivity contribution in [3.05, 3.63) is 17.8 Å². The lowest BCUT2D eigenvalue weighted by Gasteiger charge is -2.21. The van der Waals surface area contributed by atoms with Crippen molar-refractivity contribution < 1.29 is 9.53 Å². The fourth-order valence-electron chi connectivity index (χ4n) is 3.80. The number of ether oxygens (including phenoxy) is 1. The first kappa shape index (κ1) is 13.9. The lowest BCUT2D eigenvalue weighted by molar-refractivity contribution is 0.0759. The predicted molar refractivity (Wildman–Crippen MR) is 81.9 cm³/mol. The van der Waals surface area contributed by atoms with Crippen LogP contribution in [0.15, 0.2) is 12.1 Å². The van der Waals surface area contributed by atoms with Gasteiger partial charge < -0.3 is 14.5 Å². The number of aromatic nitrogens is 2. The molecule has 22 heavy (non-hydrogen) atoms. The maximum Gasteiger partial charge on any atom is 0.274 e. The number of anilines is 1. The molecule has 6 heteroatoms. The fourth-order valence-corrected chi connectivity index (χ4v) is 3.80. The molecule has 0 aromatic carbocycles. The minimum absolute atomic E-state index is 0.00393. The van der Waals surface area contributed by atoms with Gasteiger partial charge in [-0.1, -0.05) is 0 Å². The number of amides is 1. The second kappa shape index (κ2) is 5.50. The summed E-state index contributed by atoms with van der Waals surface area (Å²) in [6.45, 7) is 5.29. The van der Waals surface area contributed by atoms with Gasteiger partial charge in [0.05, 0.1) is 6.61 Å². The lowest BCUT2D eigenvalue weighted by atomic mass is 9.87. The van der Waals surface area contributed by atoms with Gasteiger partial charge in [-0.05, 0) is 37.8 Å². The van der Waals surface area contributed by atoms with E-state index in [1.54, 1.807) is 0 Å². The third-order valence-corrected chi connectivity index (χ3v) is 5.21. The summed E-state index contributed by atoms with van der Waals surface area (Å²) >= 11 is 0. The maximum absolute atomic E-state index is 12.6. The third-order valence-electron chi connectivity index (χ3n) is 5.21. The second-order valence-corrected chi connectivity index (χ2v) is 6.75. The normalized spacial score (nSPS) is 28.0. The molecular weight excluding hydrogens is 280 g/mol. The molecule has 1 aromatic rings. The highest BCUT2D eigenvalue weighted by atomic mass is 16.5. The summed E-state index contributed by atoms with van der Waals surface area (Å²) in [5.41, 5.74) is 0.650. The van der Waals surface area contributed by atoms with Crippen LogP contribution in [0.2, 0.25) is 0 Å². The second-order valence-electron chi connectivity index (χ2n) is 6.75. The van der Waals surface area contributed by atoms with E-state index in [-0.39, 0.29) is 11.3 Å². The van der Waals surface area contributed by atoms with Crippen molar-refractivity contribution in [3.8, 4) is 0 Å². The molecule has 1 atom stereocenters. The van der Waals surface area contributed by atoms with Gasteiger partial charge in [0, 0.05) is 38.2 Å². The monoisotopic (exact) mass is 302 g/mol. The summed E-state index contributed by atoms with van der Waals surface area (Å²) in [5.74, 6) is 0.889. The van der Waals surface area contributed by atoms with Crippen molar-refractivity contribution in [2.24, 2.45) is 5.41 Å². The third kappa shape index (κ3) is 2.45. The van der Waals surface area contributed by atoms with E-state index in [1.807, 2.05) is 17.0 Å². The maximum atomic E-state index is 12.6. The molecule has 6 nitrogen and oxygen atoms in total. The molecule has 0 bridgehead atoms. The van der Waals surface area contributed by atoms with Gasteiger partial charge in [0.15, 0.2) is 11.5 Å². The van der Waals surface area contributed by atoms with Gasteiger partial charge in [0.2, 0.25) is 0 Å². The molecule has 1 unspecified atom stereocenters. The van der Waals surface area contributed by atoms with Gasteiger partial charge in [-0.3, -0.25) is 4.79 Å². The van der Waals surface area contributed by atoms with Crippen molar-refractivity contribution in [3.63, 3.8) is 0 Å². The molecule has 3 aliphatic rings. The van der Waals surface area contributed by atoms with Crippen molar-refractivity contribution in [2.75, 3.05) is 44.3 Å². The van der Waals surface area contributed by atoms with Crippen LogP contribution in [0.3, 0.4) is 0 Å². The Hall–Kier alpha value is -1.69. The van der Waals surface area contributed by atoms with E-state index in [1.165, 1.54) is 12.8 Å². The minimum atomic E-state index is 0.00393. The van der Waals surface area contributed by atoms with E-state index in [0.29, 0.717) is 5.69 Å². The standard InChI is InChI=1S/C16H22N4O2/c21-15(20-9-5-16(11-20)6-10-22-12-16)13-3-4-14(18-17-13)19-7-1-2-8-19/h3-4H,1-2,5-12H2. The molecule has 4 heterocycles. The smallest absolute Gasteiger partial charge is 0.274 e. The number of likely N-dealkylation sites (tertiary alicyclic amines) is 1. The van der Waals surface area contributed by atoms with Gasteiger partial charge in [-0.15, -0.1) is 10.2 Å². The summed E-state index contributed by atoms with van der Waals surface area (Å²) in [6.07, 6.45) is 4.52. The number of hydrogen-bond donors (Lipinski definition) is 0. The molecule has 4 rings (SSSR count). The van der Waals surface area contributed by atoms with Gasteiger partial charge in [0.25, 0.3) is 5.91 Å². The SMILES string of the molecule is O=C(c1ccc(N2CCCC2)nn1)N1CCC2(CCOC2)C1. The van der Waals surface area contributed by atoms with Crippen LogP contribution in [-0.2, 0) is 4.74 Å². The van der Waals surface area contributed by atoms with E-state index in [4.69, 9.17) is 4.74 Å². The van der Waals surface area contributed by atoms with E-state index in [2.05, 4.69) is 15.1 Å².